The molecule has 16 heavy (non-hydrogen) atoms. The fourth-order valence-electron chi connectivity index (χ4n) is 0.955. The fraction of sp³-hybridized carbons (Fsp3) is 0.273. The van der Waals surface area contributed by atoms with Crippen LogP contribution >= 0.6 is 23.2 Å². The van der Waals surface area contributed by atoms with Gasteiger partial charge in [0.2, 0.25) is 5.91 Å². The molecule has 0 fully saturated rings. The van der Waals surface area contributed by atoms with E-state index in [4.69, 9.17) is 23.2 Å². The predicted octanol–water partition coefficient (Wildman–Crippen LogP) is 2.27. The number of pyridine rings is 1. The van der Waals surface area contributed by atoms with Gasteiger partial charge in [-0.2, -0.15) is 0 Å². The van der Waals surface area contributed by atoms with Crippen LogP contribution in [0.4, 0.5) is 0 Å². The summed E-state index contributed by atoms with van der Waals surface area (Å²) in [6, 6.07) is 1.66. The van der Waals surface area contributed by atoms with Gasteiger partial charge in [-0.25, -0.2) is 4.98 Å². The van der Waals surface area contributed by atoms with E-state index in [-0.39, 0.29) is 11.1 Å². The molecule has 0 saturated carbocycles. The van der Waals surface area contributed by atoms with Crippen molar-refractivity contribution in [1.29, 1.82) is 0 Å². The van der Waals surface area contributed by atoms with Crippen LogP contribution in [0.3, 0.4) is 0 Å². The second-order valence-electron chi connectivity index (χ2n) is 3.03. The van der Waals surface area contributed by atoms with E-state index >= 15 is 0 Å². The lowest BCUT2D eigenvalue weighted by Gasteiger charge is -1.95. The summed E-state index contributed by atoms with van der Waals surface area (Å²) in [4.78, 5) is 14.4. The van der Waals surface area contributed by atoms with Gasteiger partial charge in [-0.05, 0) is 6.07 Å². The molecular formula is C11H10Cl2N2O. The van der Waals surface area contributed by atoms with Gasteiger partial charge in [-0.1, -0.05) is 35.0 Å². The third-order valence-corrected chi connectivity index (χ3v) is 2.34. The molecule has 0 saturated heterocycles. The minimum absolute atomic E-state index is 0.0574. The van der Waals surface area contributed by atoms with Crippen LogP contribution in [-0.2, 0) is 4.79 Å². The molecule has 0 bridgehead atoms. The van der Waals surface area contributed by atoms with E-state index in [1.165, 1.54) is 6.92 Å². The molecule has 0 aliphatic rings. The summed E-state index contributed by atoms with van der Waals surface area (Å²) in [5.74, 6) is 5.72. The maximum Gasteiger partial charge on any atom is 0.216 e. The maximum atomic E-state index is 10.6. The summed E-state index contributed by atoms with van der Waals surface area (Å²) in [5, 5.41) is 3.30. The van der Waals surface area contributed by atoms with Gasteiger partial charge in [0.05, 0.1) is 5.02 Å². The molecule has 1 rings (SSSR count). The van der Waals surface area contributed by atoms with E-state index in [1.807, 2.05) is 0 Å². The second kappa shape index (κ2) is 6.37. The Morgan fingerprint density at radius 2 is 2.31 bits per heavy atom. The molecule has 1 heterocycles. The molecule has 0 atom stereocenters. The molecule has 5 heteroatoms. The third kappa shape index (κ3) is 4.52. The molecule has 0 aliphatic carbocycles. The molecule has 0 unspecified atom stereocenters. The lowest BCUT2D eigenvalue weighted by atomic mass is 10.3. The SMILES string of the molecule is CC(=O)NCCC#Cc1cnc(Cl)c(Cl)c1. The topological polar surface area (TPSA) is 42.0 Å². The Morgan fingerprint density at radius 3 is 2.94 bits per heavy atom. The zero-order chi connectivity index (χ0) is 12.0. The Hall–Kier alpha value is -1.24. The number of carbonyl (C=O) groups excluding carboxylic acids is 1. The summed E-state index contributed by atoms with van der Waals surface area (Å²) in [5.41, 5.74) is 0.706. The van der Waals surface area contributed by atoms with Gasteiger partial charge < -0.3 is 5.32 Å². The molecule has 1 N–H and O–H groups in total. The number of hydrogen-bond acceptors (Lipinski definition) is 2. The van der Waals surface area contributed by atoms with Gasteiger partial charge in [0, 0.05) is 31.6 Å². The van der Waals surface area contributed by atoms with Gasteiger partial charge >= 0.3 is 0 Å². The summed E-state index contributed by atoms with van der Waals surface area (Å²) in [7, 11) is 0. The van der Waals surface area contributed by atoms with Gasteiger partial charge in [0.25, 0.3) is 0 Å². The Morgan fingerprint density at radius 1 is 1.56 bits per heavy atom. The van der Waals surface area contributed by atoms with Crippen LogP contribution in [0, 0.1) is 11.8 Å². The quantitative estimate of drug-likeness (QED) is 0.501. The van der Waals surface area contributed by atoms with E-state index in [9.17, 15) is 4.79 Å². The van der Waals surface area contributed by atoms with E-state index in [0.717, 1.165) is 0 Å². The minimum Gasteiger partial charge on any atom is -0.355 e. The molecule has 0 spiro atoms. The Balaban J connectivity index is 2.50. The molecule has 1 amide bonds. The zero-order valence-corrected chi connectivity index (χ0v) is 10.2. The number of hydrogen-bond donors (Lipinski definition) is 1. The van der Waals surface area contributed by atoms with Crippen LogP contribution in [0.5, 0.6) is 0 Å². The van der Waals surface area contributed by atoms with Gasteiger partial charge in [0.15, 0.2) is 0 Å². The first-order chi connectivity index (χ1) is 7.59. The average molecular weight is 257 g/mol. The second-order valence-corrected chi connectivity index (χ2v) is 3.80. The van der Waals surface area contributed by atoms with E-state index in [0.29, 0.717) is 23.6 Å². The Labute approximate surface area is 104 Å². The van der Waals surface area contributed by atoms with Crippen molar-refractivity contribution >= 4 is 29.1 Å². The average Bonchev–Trinajstić information content (AvgIpc) is 2.22. The van der Waals surface area contributed by atoms with Crippen molar-refractivity contribution in [1.82, 2.24) is 10.3 Å². The molecule has 1 aromatic heterocycles. The van der Waals surface area contributed by atoms with Gasteiger partial charge in [-0.3, -0.25) is 4.79 Å². The maximum absolute atomic E-state index is 10.6. The number of aromatic nitrogens is 1. The summed E-state index contributed by atoms with van der Waals surface area (Å²) in [6.45, 7) is 2.01. The van der Waals surface area contributed by atoms with E-state index in [1.54, 1.807) is 12.3 Å². The highest BCUT2D eigenvalue weighted by Gasteiger charge is 1.97. The van der Waals surface area contributed by atoms with Crippen molar-refractivity contribution in [2.45, 2.75) is 13.3 Å². The van der Waals surface area contributed by atoms with Gasteiger partial charge in [0.1, 0.15) is 5.15 Å². The number of halogens is 2. The van der Waals surface area contributed by atoms with Gasteiger partial charge in [-0.15, -0.1) is 0 Å². The van der Waals surface area contributed by atoms with Crippen LogP contribution < -0.4 is 5.32 Å². The van der Waals surface area contributed by atoms with Crippen LogP contribution in [0.25, 0.3) is 0 Å². The van der Waals surface area contributed by atoms with Crippen molar-refractivity contribution in [3.05, 3.63) is 28.0 Å². The standard InChI is InChI=1S/C11H10Cl2N2O/c1-8(16)14-5-3-2-4-9-6-10(12)11(13)15-7-9/h6-7H,3,5H2,1H3,(H,14,16). The highest BCUT2D eigenvalue weighted by Crippen LogP contribution is 2.18. The molecule has 1 aromatic rings. The fourth-order valence-corrected chi connectivity index (χ4v) is 1.22. The third-order valence-electron chi connectivity index (χ3n) is 1.65. The molecule has 84 valence electrons. The lowest BCUT2D eigenvalue weighted by molar-refractivity contribution is -0.118. The van der Waals surface area contributed by atoms with Crippen molar-refractivity contribution in [2.75, 3.05) is 6.54 Å². The first kappa shape index (κ1) is 12.8. The number of nitrogens with one attached hydrogen (secondary N) is 1. The summed E-state index contributed by atoms with van der Waals surface area (Å²) in [6.07, 6.45) is 2.14. The molecule has 0 aliphatic heterocycles. The van der Waals surface area contributed by atoms with E-state index < -0.39 is 0 Å². The summed E-state index contributed by atoms with van der Waals surface area (Å²) >= 11 is 11.4. The molecular weight excluding hydrogens is 247 g/mol. The molecule has 0 aromatic carbocycles. The van der Waals surface area contributed by atoms with E-state index in [2.05, 4.69) is 22.1 Å². The largest absolute Gasteiger partial charge is 0.355 e. The first-order valence-electron chi connectivity index (χ1n) is 4.64. The monoisotopic (exact) mass is 256 g/mol. The number of carbonyl (C=O) groups is 1. The number of nitrogens with zero attached hydrogens (tertiary/aromatic N) is 1. The van der Waals surface area contributed by atoms with Crippen LogP contribution in [0.15, 0.2) is 12.3 Å². The lowest BCUT2D eigenvalue weighted by Crippen LogP contribution is -2.20. The van der Waals surface area contributed by atoms with Crippen molar-refractivity contribution in [2.24, 2.45) is 0 Å². The minimum atomic E-state index is -0.0574. The highest BCUT2D eigenvalue weighted by molar-refractivity contribution is 6.41. The van der Waals surface area contributed by atoms with Crippen LogP contribution in [-0.4, -0.2) is 17.4 Å². The Bertz CT molecular complexity index is 449. The molecule has 0 radical (unpaired) electrons. The molecule has 3 nitrogen and oxygen atoms in total. The predicted molar refractivity (Wildman–Crippen MR) is 64.4 cm³/mol. The van der Waals surface area contributed by atoms with Crippen molar-refractivity contribution in [3.8, 4) is 11.8 Å². The van der Waals surface area contributed by atoms with Crippen LogP contribution in [0.2, 0.25) is 10.2 Å². The smallest absolute Gasteiger partial charge is 0.216 e. The first-order valence-corrected chi connectivity index (χ1v) is 5.39. The van der Waals surface area contributed by atoms with Crippen molar-refractivity contribution < 1.29 is 4.79 Å². The normalized spacial score (nSPS) is 9.19. The Kier molecular flexibility index (Phi) is 5.10. The zero-order valence-electron chi connectivity index (χ0n) is 8.68. The summed E-state index contributed by atoms with van der Waals surface area (Å²) < 4.78 is 0. The number of amides is 1. The number of rotatable bonds is 2. The van der Waals surface area contributed by atoms with Crippen LogP contribution in [0.1, 0.15) is 18.9 Å². The van der Waals surface area contributed by atoms with Crippen molar-refractivity contribution in [3.63, 3.8) is 0 Å². The highest BCUT2D eigenvalue weighted by atomic mass is 35.5.